The SMILES string of the molecule is C=C(C)[C@@H]1CCC(C)=C[C@H]1c1c(OC(=O)NCC2(CC(=O)O)CCCCC2)cc(OC(=O)NCC2(CC(=O)O)CCCCC2)cc1OS(=O)(=O)[O-]. The second-order valence-electron chi connectivity index (χ2n) is 14.6. The fraction of sp³-hybridized carbons (Fsp3) is 0.611. The largest absolute Gasteiger partial charge is 0.716 e. The van der Waals surface area contributed by atoms with E-state index >= 15 is 0 Å². The normalized spacial score (nSPS) is 21.4. The predicted molar refractivity (Wildman–Crippen MR) is 184 cm³/mol. The number of rotatable bonds is 14. The van der Waals surface area contributed by atoms with Gasteiger partial charge in [0, 0.05) is 36.7 Å². The van der Waals surface area contributed by atoms with Gasteiger partial charge in [0.05, 0.1) is 12.8 Å². The van der Waals surface area contributed by atoms with Gasteiger partial charge in [0.15, 0.2) is 5.75 Å². The van der Waals surface area contributed by atoms with Crippen molar-refractivity contribution < 1.29 is 56.0 Å². The van der Waals surface area contributed by atoms with Gasteiger partial charge in [-0.1, -0.05) is 62.3 Å². The molecule has 2 saturated carbocycles. The molecule has 15 heteroatoms. The molecule has 282 valence electrons. The van der Waals surface area contributed by atoms with Crippen LogP contribution < -0.4 is 24.3 Å². The summed E-state index contributed by atoms with van der Waals surface area (Å²) in [6, 6.07) is 2.27. The number of hydrogen-bond acceptors (Lipinski definition) is 10. The minimum atomic E-state index is -5.39. The monoisotopic (exact) mass is 733 g/mol. The maximum absolute atomic E-state index is 13.4. The van der Waals surface area contributed by atoms with Crippen LogP contribution in [-0.4, -0.2) is 60.4 Å². The van der Waals surface area contributed by atoms with Gasteiger partial charge in [-0.05, 0) is 69.1 Å². The molecule has 0 aliphatic heterocycles. The van der Waals surface area contributed by atoms with Crippen LogP contribution >= 0.6 is 0 Å². The molecule has 0 radical (unpaired) electrons. The lowest BCUT2D eigenvalue weighted by Gasteiger charge is -2.36. The minimum Gasteiger partial charge on any atom is -0.716 e. The van der Waals surface area contributed by atoms with E-state index in [1.54, 1.807) is 0 Å². The molecule has 0 spiro atoms. The topological polar surface area (TPSA) is 218 Å². The Balaban J connectivity index is 1.70. The van der Waals surface area contributed by atoms with Crippen molar-refractivity contribution in [1.29, 1.82) is 0 Å². The summed E-state index contributed by atoms with van der Waals surface area (Å²) in [5, 5.41) is 24.4. The van der Waals surface area contributed by atoms with Crippen LogP contribution in [0.2, 0.25) is 0 Å². The molecule has 4 rings (SSSR count). The average molecular weight is 734 g/mol. The Labute approximate surface area is 298 Å². The second-order valence-corrected chi connectivity index (χ2v) is 15.6. The molecule has 0 heterocycles. The van der Waals surface area contributed by atoms with E-state index < -0.39 is 57.0 Å². The summed E-state index contributed by atoms with van der Waals surface area (Å²) in [6.07, 6.45) is 8.55. The van der Waals surface area contributed by atoms with E-state index in [-0.39, 0.29) is 48.9 Å². The molecule has 0 bridgehead atoms. The Morgan fingerprint density at radius 3 is 1.82 bits per heavy atom. The second kappa shape index (κ2) is 16.9. The smallest absolute Gasteiger partial charge is 0.412 e. The van der Waals surface area contributed by atoms with E-state index in [1.165, 1.54) is 6.07 Å². The minimum absolute atomic E-state index is 0.0132. The van der Waals surface area contributed by atoms with Crippen LogP contribution in [0, 0.1) is 16.7 Å². The summed E-state index contributed by atoms with van der Waals surface area (Å²) in [5.41, 5.74) is 0.411. The first-order chi connectivity index (χ1) is 24.0. The van der Waals surface area contributed by atoms with Gasteiger partial charge in [-0.2, -0.15) is 0 Å². The van der Waals surface area contributed by atoms with Crippen molar-refractivity contribution in [2.75, 3.05) is 13.1 Å². The quantitative estimate of drug-likeness (QED) is 0.0907. The third-order valence-electron chi connectivity index (χ3n) is 10.5. The van der Waals surface area contributed by atoms with Crippen molar-refractivity contribution >= 4 is 34.5 Å². The molecule has 0 saturated heterocycles. The molecule has 3 aliphatic carbocycles. The molecular weight excluding hydrogens is 684 g/mol. The molecule has 0 unspecified atom stereocenters. The fourth-order valence-electron chi connectivity index (χ4n) is 8.01. The molecule has 2 amide bonds. The Morgan fingerprint density at radius 2 is 1.35 bits per heavy atom. The molecule has 3 aliphatic rings. The van der Waals surface area contributed by atoms with Crippen LogP contribution in [0.15, 0.2) is 35.9 Å². The molecule has 0 aromatic heterocycles. The van der Waals surface area contributed by atoms with Crippen molar-refractivity contribution in [1.82, 2.24) is 10.6 Å². The Morgan fingerprint density at radius 1 is 0.863 bits per heavy atom. The van der Waals surface area contributed by atoms with Gasteiger partial charge in [0.1, 0.15) is 11.5 Å². The first-order valence-electron chi connectivity index (χ1n) is 17.5. The summed E-state index contributed by atoms with van der Waals surface area (Å²) >= 11 is 0. The number of amides is 2. The van der Waals surface area contributed by atoms with Crippen molar-refractivity contribution in [3.8, 4) is 17.2 Å². The van der Waals surface area contributed by atoms with Gasteiger partial charge in [-0.15, -0.1) is 0 Å². The highest BCUT2D eigenvalue weighted by atomic mass is 32.3. The highest BCUT2D eigenvalue weighted by molar-refractivity contribution is 7.81. The van der Waals surface area contributed by atoms with Gasteiger partial charge in [0.25, 0.3) is 10.4 Å². The number of carboxylic acid groups (broad SMARTS) is 2. The van der Waals surface area contributed by atoms with Crippen LogP contribution in [0.25, 0.3) is 0 Å². The first-order valence-corrected chi connectivity index (χ1v) is 18.8. The van der Waals surface area contributed by atoms with E-state index in [1.807, 2.05) is 19.9 Å². The maximum Gasteiger partial charge on any atom is 0.412 e. The lowest BCUT2D eigenvalue weighted by molar-refractivity contribution is -0.141. The molecule has 14 nitrogen and oxygen atoms in total. The lowest BCUT2D eigenvalue weighted by Crippen LogP contribution is -2.41. The third kappa shape index (κ3) is 11.4. The number of benzene rings is 1. The number of carbonyl (C=O) groups is 4. The van der Waals surface area contributed by atoms with Crippen molar-refractivity contribution in [3.05, 3.63) is 41.5 Å². The lowest BCUT2D eigenvalue weighted by atomic mass is 9.72. The number of carboxylic acids is 2. The number of carbonyl (C=O) groups excluding carboxylic acids is 2. The van der Waals surface area contributed by atoms with E-state index in [0.29, 0.717) is 32.1 Å². The van der Waals surface area contributed by atoms with Crippen molar-refractivity contribution in [2.45, 2.75) is 110 Å². The molecule has 51 heavy (non-hydrogen) atoms. The summed E-state index contributed by atoms with van der Waals surface area (Å²) in [7, 11) is -5.39. The Kier molecular flexibility index (Phi) is 13.2. The van der Waals surface area contributed by atoms with Gasteiger partial charge in [-0.3, -0.25) is 9.59 Å². The molecule has 4 N–H and O–H groups in total. The zero-order chi connectivity index (χ0) is 37.4. The molecule has 2 atom stereocenters. The van der Waals surface area contributed by atoms with E-state index in [9.17, 15) is 42.4 Å². The molecule has 2 fully saturated rings. The standard InChI is InChI=1S/C36H50N2O12S/c1-23(2)26-11-10-24(3)16-27(26)32-28(49-34(44)38-22-36(20-31(41)42)14-8-5-9-15-36)17-25(18-29(32)50-51(45,46)47)48-33(43)37-21-35(19-30(39)40)12-6-4-7-13-35/h16-18,26-27H,1,4-15,19-22H2,2-3H3,(H,37,43)(H,38,44)(H,39,40)(H,41,42)(H,45,46,47)/p-1/t26-,27+/m0/s1. The number of hydrogen-bond donors (Lipinski definition) is 4. The summed E-state index contributed by atoms with van der Waals surface area (Å²) < 4.78 is 52.3. The number of ether oxygens (including phenoxy) is 2. The van der Waals surface area contributed by atoms with Crippen LogP contribution in [-0.2, 0) is 20.0 Å². The predicted octanol–water partition coefficient (Wildman–Crippen LogP) is 6.57. The zero-order valence-corrected chi connectivity index (χ0v) is 30.1. The highest BCUT2D eigenvalue weighted by Crippen LogP contribution is 2.49. The van der Waals surface area contributed by atoms with Crippen LogP contribution in [0.5, 0.6) is 17.2 Å². The first kappa shape index (κ1) is 39.7. The number of nitrogens with one attached hydrogen (secondary N) is 2. The maximum atomic E-state index is 13.4. The van der Waals surface area contributed by atoms with E-state index in [0.717, 1.165) is 62.2 Å². The average Bonchev–Trinajstić information content (AvgIpc) is 3.02. The van der Waals surface area contributed by atoms with Crippen molar-refractivity contribution in [3.63, 3.8) is 0 Å². The van der Waals surface area contributed by atoms with E-state index in [4.69, 9.17) is 13.7 Å². The van der Waals surface area contributed by atoms with Crippen LogP contribution in [0.3, 0.4) is 0 Å². The van der Waals surface area contributed by atoms with Crippen molar-refractivity contribution in [2.24, 2.45) is 16.7 Å². The highest BCUT2D eigenvalue weighted by Gasteiger charge is 2.37. The van der Waals surface area contributed by atoms with Gasteiger partial charge in [-0.25, -0.2) is 18.0 Å². The Bertz CT molecular complexity index is 1620. The molecular formula is C36H49N2O12S-. The fourth-order valence-corrected chi connectivity index (χ4v) is 8.37. The zero-order valence-electron chi connectivity index (χ0n) is 29.3. The third-order valence-corrected chi connectivity index (χ3v) is 10.9. The summed E-state index contributed by atoms with van der Waals surface area (Å²) in [5.74, 6) is -3.97. The number of allylic oxidation sites excluding steroid dienone is 3. The molecule has 1 aromatic carbocycles. The Hall–Kier alpha value is -4.11. The number of aliphatic carboxylic acids is 2. The summed E-state index contributed by atoms with van der Waals surface area (Å²) in [4.78, 5) is 49.8. The molecule has 1 aromatic rings. The summed E-state index contributed by atoms with van der Waals surface area (Å²) in [6.45, 7) is 7.82. The van der Waals surface area contributed by atoms with E-state index in [2.05, 4.69) is 17.2 Å². The van der Waals surface area contributed by atoms with Crippen LogP contribution in [0.4, 0.5) is 9.59 Å². The van der Waals surface area contributed by atoms with Gasteiger partial charge >= 0.3 is 24.1 Å². The van der Waals surface area contributed by atoms with Crippen LogP contribution in [0.1, 0.15) is 115 Å². The van der Waals surface area contributed by atoms with Gasteiger partial charge in [0.2, 0.25) is 0 Å². The van der Waals surface area contributed by atoms with Gasteiger partial charge < -0.3 is 39.1 Å².